The van der Waals surface area contributed by atoms with E-state index in [1.54, 1.807) is 7.11 Å². The van der Waals surface area contributed by atoms with Crippen molar-refractivity contribution in [3.8, 4) is 5.75 Å². The third kappa shape index (κ3) is 3.96. The Morgan fingerprint density at radius 1 is 1.44 bits per heavy atom. The molecule has 3 N–H and O–H groups in total. The maximum atomic E-state index is 10.4. The molecule has 1 aromatic carbocycles. The molecule has 5 nitrogen and oxygen atoms in total. The van der Waals surface area contributed by atoms with E-state index in [2.05, 4.69) is 4.99 Å². The fourth-order valence-corrected chi connectivity index (χ4v) is 1.92. The third-order valence-corrected chi connectivity index (χ3v) is 3.04. The number of amidine groups is 1. The predicted octanol–water partition coefficient (Wildman–Crippen LogP) is 2.08. The van der Waals surface area contributed by atoms with Gasteiger partial charge in [-0.1, -0.05) is 11.8 Å². The lowest BCUT2D eigenvalue weighted by atomic mass is 10.1. The highest BCUT2D eigenvalue weighted by molar-refractivity contribution is 8.14. The van der Waals surface area contributed by atoms with Crippen LogP contribution in [-0.2, 0) is 4.79 Å². The van der Waals surface area contributed by atoms with Gasteiger partial charge in [-0.15, -0.1) is 0 Å². The topological polar surface area (TPSA) is 84.9 Å². The van der Waals surface area contributed by atoms with Gasteiger partial charge in [-0.2, -0.15) is 0 Å². The van der Waals surface area contributed by atoms with Crippen molar-refractivity contribution in [1.82, 2.24) is 0 Å². The fourth-order valence-electron chi connectivity index (χ4n) is 1.49. The van der Waals surface area contributed by atoms with Crippen LogP contribution < -0.4 is 10.5 Å². The molecule has 1 rings (SSSR count). The summed E-state index contributed by atoms with van der Waals surface area (Å²) in [4.78, 5) is 14.7. The molecule has 0 aliphatic heterocycles. The van der Waals surface area contributed by atoms with E-state index in [1.807, 2.05) is 26.0 Å². The summed E-state index contributed by atoms with van der Waals surface area (Å²) in [5.74, 6) is -0.245. The van der Waals surface area contributed by atoms with Crippen LogP contribution >= 0.6 is 11.8 Å². The number of methoxy groups -OCH3 is 1. The second kappa shape index (κ2) is 6.30. The molecule has 0 aromatic heterocycles. The van der Waals surface area contributed by atoms with E-state index in [-0.39, 0.29) is 10.9 Å². The van der Waals surface area contributed by atoms with Crippen LogP contribution in [0.3, 0.4) is 0 Å². The first-order valence-corrected chi connectivity index (χ1v) is 6.26. The molecule has 0 bridgehead atoms. The number of carbonyl (C=O) groups is 1. The molecule has 0 aliphatic carbocycles. The summed E-state index contributed by atoms with van der Waals surface area (Å²) in [5.41, 5.74) is 8.31. The molecule has 98 valence electrons. The van der Waals surface area contributed by atoms with E-state index < -0.39 is 5.97 Å². The summed E-state index contributed by atoms with van der Waals surface area (Å²) in [5, 5.41) is 8.80. The average molecular weight is 268 g/mol. The number of ether oxygens (including phenoxy) is 1. The minimum atomic E-state index is -0.915. The van der Waals surface area contributed by atoms with E-state index >= 15 is 0 Å². The smallest absolute Gasteiger partial charge is 0.313 e. The van der Waals surface area contributed by atoms with Crippen LogP contribution in [0.25, 0.3) is 0 Å². The van der Waals surface area contributed by atoms with Crippen LogP contribution in [0.1, 0.15) is 11.1 Å². The number of benzene rings is 1. The van der Waals surface area contributed by atoms with Gasteiger partial charge in [0.1, 0.15) is 5.75 Å². The molecule has 18 heavy (non-hydrogen) atoms. The molecule has 0 unspecified atom stereocenters. The number of rotatable bonds is 4. The Bertz CT molecular complexity index is 463. The Morgan fingerprint density at radius 3 is 2.44 bits per heavy atom. The molecule has 0 saturated heterocycles. The number of thioether (sulfide) groups is 1. The molecule has 0 aliphatic rings. The molecule has 0 saturated carbocycles. The summed E-state index contributed by atoms with van der Waals surface area (Å²) >= 11 is 1.00. The largest absolute Gasteiger partial charge is 0.497 e. The minimum Gasteiger partial charge on any atom is -0.497 e. The molecule has 0 radical (unpaired) electrons. The first-order chi connectivity index (χ1) is 8.43. The number of hydrogen-bond acceptors (Lipinski definition) is 4. The Labute approximate surface area is 110 Å². The van der Waals surface area contributed by atoms with E-state index in [9.17, 15) is 4.79 Å². The van der Waals surface area contributed by atoms with Gasteiger partial charge in [0.25, 0.3) is 0 Å². The predicted molar refractivity (Wildman–Crippen MR) is 73.8 cm³/mol. The zero-order chi connectivity index (χ0) is 13.7. The highest BCUT2D eigenvalue weighted by Crippen LogP contribution is 2.29. The Kier molecular flexibility index (Phi) is 5.03. The summed E-state index contributed by atoms with van der Waals surface area (Å²) < 4.78 is 5.15. The summed E-state index contributed by atoms with van der Waals surface area (Å²) in [6.45, 7) is 3.81. The van der Waals surface area contributed by atoms with Crippen molar-refractivity contribution in [3.05, 3.63) is 23.3 Å². The second-order valence-corrected chi connectivity index (χ2v) is 4.74. The van der Waals surface area contributed by atoms with Gasteiger partial charge in [-0.05, 0) is 37.1 Å². The van der Waals surface area contributed by atoms with Gasteiger partial charge in [0.2, 0.25) is 0 Å². The van der Waals surface area contributed by atoms with Gasteiger partial charge in [0.15, 0.2) is 5.17 Å². The normalized spacial score (nSPS) is 11.4. The highest BCUT2D eigenvalue weighted by atomic mass is 32.2. The van der Waals surface area contributed by atoms with Crippen molar-refractivity contribution in [3.63, 3.8) is 0 Å². The van der Waals surface area contributed by atoms with E-state index in [1.165, 1.54) is 0 Å². The number of aryl methyl sites for hydroxylation is 2. The lowest BCUT2D eigenvalue weighted by Gasteiger charge is -2.09. The number of nitrogens with zero attached hydrogens (tertiary/aromatic N) is 1. The highest BCUT2D eigenvalue weighted by Gasteiger charge is 2.06. The van der Waals surface area contributed by atoms with Crippen molar-refractivity contribution in [2.24, 2.45) is 10.7 Å². The van der Waals surface area contributed by atoms with Crippen LogP contribution in [0.4, 0.5) is 5.69 Å². The maximum absolute atomic E-state index is 10.4. The first-order valence-electron chi connectivity index (χ1n) is 5.28. The van der Waals surface area contributed by atoms with E-state index in [4.69, 9.17) is 15.6 Å². The summed E-state index contributed by atoms with van der Waals surface area (Å²) in [6.07, 6.45) is 0. The second-order valence-electron chi connectivity index (χ2n) is 3.74. The first kappa shape index (κ1) is 14.4. The Morgan fingerprint density at radius 2 is 2.00 bits per heavy atom. The number of aliphatic carboxylic acids is 1. The number of carboxylic acid groups (broad SMARTS) is 1. The molecule has 6 heteroatoms. The van der Waals surface area contributed by atoms with Crippen LogP contribution in [0.15, 0.2) is 17.1 Å². The number of nitrogens with two attached hydrogens (primary N) is 1. The number of aliphatic imine (C=N–C) groups is 1. The minimum absolute atomic E-state index is 0.0937. The maximum Gasteiger partial charge on any atom is 0.313 e. The van der Waals surface area contributed by atoms with Gasteiger partial charge in [0.05, 0.1) is 18.6 Å². The van der Waals surface area contributed by atoms with Crippen molar-refractivity contribution in [1.29, 1.82) is 0 Å². The molecule has 0 atom stereocenters. The standard InChI is InChI=1S/C12H16N2O3S/c1-7-4-9(17-3)5-8(2)11(7)14-12(13)18-6-10(15)16/h4-5H,6H2,1-3H3,(H2,13,14)(H,15,16). The fraction of sp³-hybridized carbons (Fsp3) is 0.333. The zero-order valence-corrected chi connectivity index (χ0v) is 11.4. The molecule has 0 spiro atoms. The number of carboxylic acids is 1. The Balaban J connectivity index is 2.96. The zero-order valence-electron chi connectivity index (χ0n) is 10.6. The lowest BCUT2D eigenvalue weighted by Crippen LogP contribution is -2.10. The Hall–Kier alpha value is -1.69. The summed E-state index contributed by atoms with van der Waals surface area (Å²) in [7, 11) is 1.61. The van der Waals surface area contributed by atoms with Crippen LogP contribution in [0, 0.1) is 13.8 Å². The monoisotopic (exact) mass is 268 g/mol. The van der Waals surface area contributed by atoms with Crippen molar-refractivity contribution >= 4 is 28.6 Å². The molecule has 0 amide bonds. The molecule has 0 heterocycles. The molecule has 1 aromatic rings. The van der Waals surface area contributed by atoms with Gasteiger partial charge >= 0.3 is 5.97 Å². The third-order valence-electron chi connectivity index (χ3n) is 2.27. The van der Waals surface area contributed by atoms with Crippen LogP contribution in [-0.4, -0.2) is 29.1 Å². The number of hydrogen-bond donors (Lipinski definition) is 2. The van der Waals surface area contributed by atoms with E-state index in [0.717, 1.165) is 34.3 Å². The van der Waals surface area contributed by atoms with Gasteiger partial charge < -0.3 is 15.6 Å². The lowest BCUT2D eigenvalue weighted by molar-refractivity contribution is -0.133. The average Bonchev–Trinajstić information content (AvgIpc) is 2.30. The van der Waals surface area contributed by atoms with Crippen molar-refractivity contribution in [2.45, 2.75) is 13.8 Å². The van der Waals surface area contributed by atoms with Crippen LogP contribution in [0.2, 0.25) is 0 Å². The quantitative estimate of drug-likeness (QED) is 0.645. The van der Waals surface area contributed by atoms with Gasteiger partial charge in [0, 0.05) is 0 Å². The van der Waals surface area contributed by atoms with Crippen molar-refractivity contribution in [2.75, 3.05) is 12.9 Å². The van der Waals surface area contributed by atoms with Gasteiger partial charge in [-0.25, -0.2) is 4.99 Å². The van der Waals surface area contributed by atoms with Crippen LogP contribution in [0.5, 0.6) is 5.75 Å². The van der Waals surface area contributed by atoms with Crippen molar-refractivity contribution < 1.29 is 14.6 Å². The summed E-state index contributed by atoms with van der Waals surface area (Å²) in [6, 6.07) is 3.72. The molecular weight excluding hydrogens is 252 g/mol. The molecule has 0 fully saturated rings. The van der Waals surface area contributed by atoms with E-state index in [0.29, 0.717) is 0 Å². The SMILES string of the molecule is COc1cc(C)c(N=C(N)SCC(=O)O)c(C)c1. The van der Waals surface area contributed by atoms with Gasteiger partial charge in [-0.3, -0.25) is 4.79 Å². The molecular formula is C12H16N2O3S.